The molecule has 5 heteroatoms. The number of hydrogen-bond donors (Lipinski definition) is 1. The van der Waals surface area contributed by atoms with Gasteiger partial charge in [-0.15, -0.1) is 0 Å². The first kappa shape index (κ1) is 14.6. The van der Waals surface area contributed by atoms with E-state index >= 15 is 0 Å². The van der Waals surface area contributed by atoms with E-state index in [1.54, 1.807) is 6.07 Å². The van der Waals surface area contributed by atoms with Crippen LogP contribution in [0, 0.1) is 11.6 Å². The number of rotatable bonds is 7. The lowest BCUT2D eigenvalue weighted by Crippen LogP contribution is -2.19. The van der Waals surface area contributed by atoms with Crippen molar-refractivity contribution in [1.82, 2.24) is 5.32 Å². The Hall–Kier alpha value is -1.49. The summed E-state index contributed by atoms with van der Waals surface area (Å²) in [5.74, 6) is -1.87. The first-order chi connectivity index (χ1) is 8.63. The summed E-state index contributed by atoms with van der Waals surface area (Å²) in [5.41, 5.74) is 0.745. The van der Waals surface area contributed by atoms with Crippen molar-refractivity contribution in [2.45, 2.75) is 19.3 Å². The second-order valence-corrected chi connectivity index (χ2v) is 3.93. The van der Waals surface area contributed by atoms with Gasteiger partial charge in [-0.25, -0.2) is 8.78 Å². The molecule has 18 heavy (non-hydrogen) atoms. The van der Waals surface area contributed by atoms with Gasteiger partial charge in [-0.2, -0.15) is 0 Å². The molecule has 0 aromatic heterocycles. The molecule has 0 unspecified atom stereocenters. The van der Waals surface area contributed by atoms with E-state index < -0.39 is 11.6 Å². The van der Waals surface area contributed by atoms with Crippen LogP contribution in [-0.2, 0) is 16.0 Å². The summed E-state index contributed by atoms with van der Waals surface area (Å²) < 4.78 is 30.1. The second kappa shape index (κ2) is 7.76. The molecule has 0 amide bonds. The summed E-state index contributed by atoms with van der Waals surface area (Å²) in [6, 6.07) is 3.89. The van der Waals surface area contributed by atoms with Gasteiger partial charge in [0.25, 0.3) is 0 Å². The largest absolute Gasteiger partial charge is 0.469 e. The molecular formula is C13H17F2NO2. The van der Waals surface area contributed by atoms with E-state index in [9.17, 15) is 13.6 Å². The fourth-order valence-electron chi connectivity index (χ4n) is 1.51. The van der Waals surface area contributed by atoms with Crippen molar-refractivity contribution in [2.75, 3.05) is 20.2 Å². The van der Waals surface area contributed by atoms with Gasteiger partial charge in [-0.05, 0) is 43.6 Å². The van der Waals surface area contributed by atoms with Crippen LogP contribution in [0.1, 0.15) is 18.4 Å². The lowest BCUT2D eigenvalue weighted by atomic mass is 10.1. The normalized spacial score (nSPS) is 10.4. The smallest absolute Gasteiger partial charge is 0.305 e. The fraction of sp³-hybridized carbons (Fsp3) is 0.462. The molecule has 0 fully saturated rings. The molecule has 0 aliphatic rings. The summed E-state index contributed by atoms with van der Waals surface area (Å²) in [4.78, 5) is 10.8. The minimum Gasteiger partial charge on any atom is -0.469 e. The van der Waals surface area contributed by atoms with Gasteiger partial charge in [0.05, 0.1) is 7.11 Å². The molecule has 3 nitrogen and oxygen atoms in total. The van der Waals surface area contributed by atoms with Crippen molar-refractivity contribution in [2.24, 2.45) is 0 Å². The molecule has 0 heterocycles. The highest BCUT2D eigenvalue weighted by Gasteiger charge is 2.02. The standard InChI is InChI=1S/C13H17F2NO2/c1-18-13(17)3-2-7-16-8-6-10-4-5-11(14)12(15)9-10/h4-5,9,16H,2-3,6-8H2,1H3. The molecule has 0 aliphatic carbocycles. The predicted octanol–water partition coefficient (Wildman–Crippen LogP) is 2.05. The molecule has 1 aromatic carbocycles. The Morgan fingerprint density at radius 1 is 1.28 bits per heavy atom. The zero-order valence-electron chi connectivity index (χ0n) is 10.3. The summed E-state index contributed by atoms with van der Waals surface area (Å²) in [6.45, 7) is 1.35. The molecule has 0 spiro atoms. The number of carbonyl (C=O) groups is 1. The van der Waals surface area contributed by atoms with Crippen LogP contribution in [0.5, 0.6) is 0 Å². The van der Waals surface area contributed by atoms with Crippen LogP contribution in [-0.4, -0.2) is 26.2 Å². The van der Waals surface area contributed by atoms with E-state index in [4.69, 9.17) is 0 Å². The number of esters is 1. The van der Waals surface area contributed by atoms with E-state index in [0.29, 0.717) is 32.4 Å². The highest BCUT2D eigenvalue weighted by Crippen LogP contribution is 2.08. The molecule has 0 saturated carbocycles. The van der Waals surface area contributed by atoms with Gasteiger partial charge in [-0.3, -0.25) is 4.79 Å². The zero-order valence-corrected chi connectivity index (χ0v) is 10.3. The molecule has 1 N–H and O–H groups in total. The maximum absolute atomic E-state index is 12.9. The molecule has 1 aromatic rings. The minimum atomic E-state index is -0.829. The zero-order chi connectivity index (χ0) is 13.4. The number of ether oxygens (including phenoxy) is 1. The number of methoxy groups -OCH3 is 1. The third-order valence-electron chi connectivity index (χ3n) is 2.54. The Morgan fingerprint density at radius 3 is 2.72 bits per heavy atom. The number of halogens is 2. The summed E-state index contributed by atoms with van der Waals surface area (Å²) in [6.07, 6.45) is 1.70. The van der Waals surface area contributed by atoms with Crippen LogP contribution in [0.2, 0.25) is 0 Å². The number of carbonyl (C=O) groups excluding carboxylic acids is 1. The number of benzene rings is 1. The monoisotopic (exact) mass is 257 g/mol. The van der Waals surface area contributed by atoms with Gasteiger partial charge in [0.1, 0.15) is 0 Å². The molecule has 0 saturated heterocycles. The highest BCUT2D eigenvalue weighted by atomic mass is 19.2. The molecule has 0 atom stereocenters. The van der Waals surface area contributed by atoms with Crippen LogP contribution in [0.15, 0.2) is 18.2 Å². The first-order valence-corrected chi connectivity index (χ1v) is 5.85. The van der Waals surface area contributed by atoms with Gasteiger partial charge in [0, 0.05) is 6.42 Å². The van der Waals surface area contributed by atoms with E-state index in [1.165, 1.54) is 13.2 Å². The van der Waals surface area contributed by atoms with Crippen molar-refractivity contribution in [3.63, 3.8) is 0 Å². The van der Waals surface area contributed by atoms with Crippen molar-refractivity contribution >= 4 is 5.97 Å². The van der Waals surface area contributed by atoms with Gasteiger partial charge in [-0.1, -0.05) is 6.07 Å². The molecule has 0 aliphatic heterocycles. The second-order valence-electron chi connectivity index (χ2n) is 3.93. The minimum absolute atomic E-state index is 0.225. The molecule has 100 valence electrons. The molecule has 1 rings (SSSR count). The van der Waals surface area contributed by atoms with E-state index in [0.717, 1.165) is 11.6 Å². The number of nitrogens with one attached hydrogen (secondary N) is 1. The Labute approximate surface area is 105 Å². The third-order valence-corrected chi connectivity index (χ3v) is 2.54. The van der Waals surface area contributed by atoms with Crippen molar-refractivity contribution in [3.8, 4) is 0 Å². The Kier molecular flexibility index (Phi) is 6.28. The van der Waals surface area contributed by atoms with Crippen LogP contribution in [0.25, 0.3) is 0 Å². The lowest BCUT2D eigenvalue weighted by molar-refractivity contribution is -0.140. The quantitative estimate of drug-likeness (QED) is 0.600. The molecule has 0 bridgehead atoms. The Balaban J connectivity index is 2.14. The first-order valence-electron chi connectivity index (χ1n) is 5.85. The Morgan fingerprint density at radius 2 is 2.06 bits per heavy atom. The third kappa shape index (κ3) is 5.23. The van der Waals surface area contributed by atoms with Crippen LogP contribution in [0.3, 0.4) is 0 Å². The molecular weight excluding hydrogens is 240 g/mol. The van der Waals surface area contributed by atoms with Crippen LogP contribution < -0.4 is 5.32 Å². The maximum Gasteiger partial charge on any atom is 0.305 e. The highest BCUT2D eigenvalue weighted by molar-refractivity contribution is 5.69. The van der Waals surface area contributed by atoms with Crippen molar-refractivity contribution in [3.05, 3.63) is 35.4 Å². The summed E-state index contributed by atoms with van der Waals surface area (Å²) in [5, 5.41) is 3.12. The molecule has 0 radical (unpaired) electrons. The van der Waals surface area contributed by atoms with Gasteiger partial charge in [0.15, 0.2) is 11.6 Å². The Bertz CT molecular complexity index is 397. The fourth-order valence-corrected chi connectivity index (χ4v) is 1.51. The van der Waals surface area contributed by atoms with Gasteiger partial charge >= 0.3 is 5.97 Å². The van der Waals surface area contributed by atoms with E-state index in [-0.39, 0.29) is 5.97 Å². The van der Waals surface area contributed by atoms with Crippen molar-refractivity contribution in [1.29, 1.82) is 0 Å². The number of hydrogen-bond acceptors (Lipinski definition) is 3. The van der Waals surface area contributed by atoms with E-state index in [1.807, 2.05) is 0 Å². The van der Waals surface area contributed by atoms with Gasteiger partial charge in [0.2, 0.25) is 0 Å². The van der Waals surface area contributed by atoms with E-state index in [2.05, 4.69) is 10.1 Å². The average molecular weight is 257 g/mol. The predicted molar refractivity (Wildman–Crippen MR) is 64.2 cm³/mol. The van der Waals surface area contributed by atoms with Crippen LogP contribution >= 0.6 is 0 Å². The van der Waals surface area contributed by atoms with Gasteiger partial charge < -0.3 is 10.1 Å². The summed E-state index contributed by atoms with van der Waals surface area (Å²) in [7, 11) is 1.36. The van der Waals surface area contributed by atoms with Crippen LogP contribution in [0.4, 0.5) is 8.78 Å². The topological polar surface area (TPSA) is 38.3 Å². The summed E-state index contributed by atoms with van der Waals surface area (Å²) >= 11 is 0. The lowest BCUT2D eigenvalue weighted by Gasteiger charge is -2.05. The maximum atomic E-state index is 12.9. The van der Waals surface area contributed by atoms with Crippen molar-refractivity contribution < 1.29 is 18.3 Å². The average Bonchev–Trinajstić information content (AvgIpc) is 2.37. The SMILES string of the molecule is COC(=O)CCCNCCc1ccc(F)c(F)c1.